The molecule has 2 aromatic carbocycles. The number of esters is 1. The molecule has 1 heterocycles. The van der Waals surface area contributed by atoms with Gasteiger partial charge in [0.1, 0.15) is 17.7 Å². The van der Waals surface area contributed by atoms with Crippen LogP contribution in [0.4, 0.5) is 13.2 Å². The summed E-state index contributed by atoms with van der Waals surface area (Å²) in [7, 11) is 0. The van der Waals surface area contributed by atoms with Gasteiger partial charge < -0.3 is 9.15 Å². The minimum Gasteiger partial charge on any atom is -0.448 e. The van der Waals surface area contributed by atoms with Crippen LogP contribution < -0.4 is 4.74 Å². The second-order valence-electron chi connectivity index (χ2n) is 7.43. The predicted octanol–water partition coefficient (Wildman–Crippen LogP) is 6.25. The molecule has 0 saturated carbocycles. The normalized spacial score (nSPS) is 13.5. The van der Waals surface area contributed by atoms with Crippen LogP contribution >= 0.6 is 0 Å². The number of fused-ring (bicyclic) bond motifs is 1. The number of carbonyl (C=O) groups is 1. The van der Waals surface area contributed by atoms with E-state index in [1.807, 2.05) is 12.1 Å². The van der Waals surface area contributed by atoms with Gasteiger partial charge in [-0.1, -0.05) is 35.9 Å². The Morgan fingerprint density at radius 3 is 2.71 bits per heavy atom. The van der Waals surface area contributed by atoms with E-state index in [1.54, 1.807) is 12.1 Å². The van der Waals surface area contributed by atoms with Gasteiger partial charge in [-0.2, -0.15) is 13.2 Å². The van der Waals surface area contributed by atoms with Crippen molar-refractivity contribution in [1.82, 2.24) is 4.98 Å². The van der Waals surface area contributed by atoms with Gasteiger partial charge in [0.25, 0.3) is 0 Å². The summed E-state index contributed by atoms with van der Waals surface area (Å²) in [6, 6.07) is 10.7. The van der Waals surface area contributed by atoms with Crippen LogP contribution in [-0.4, -0.2) is 11.0 Å². The number of allylic oxidation sites excluding steroid dienone is 1. The van der Waals surface area contributed by atoms with E-state index in [2.05, 4.69) is 11.1 Å². The molecular formula is C24H20F3NO3. The second-order valence-corrected chi connectivity index (χ2v) is 7.43. The number of benzene rings is 2. The maximum Gasteiger partial charge on any atom is 0.416 e. The third kappa shape index (κ3) is 4.87. The lowest BCUT2D eigenvalue weighted by molar-refractivity contribution is -0.137. The highest BCUT2D eigenvalue weighted by atomic mass is 19.4. The van der Waals surface area contributed by atoms with Gasteiger partial charge in [0.05, 0.1) is 5.56 Å². The summed E-state index contributed by atoms with van der Waals surface area (Å²) >= 11 is 0. The molecule has 160 valence electrons. The molecule has 0 radical (unpaired) electrons. The highest BCUT2D eigenvalue weighted by Crippen LogP contribution is 2.34. The first-order valence-corrected chi connectivity index (χ1v) is 9.91. The SMILES string of the molecule is CC(=O)Oc1cccc2c1CCC(CCc1nc(-c3cccc(C(F)(F)F)c3)co1)=C2. The summed E-state index contributed by atoms with van der Waals surface area (Å²) in [6.45, 7) is 1.38. The summed E-state index contributed by atoms with van der Waals surface area (Å²) < 4.78 is 49.6. The van der Waals surface area contributed by atoms with Gasteiger partial charge >= 0.3 is 12.1 Å². The summed E-state index contributed by atoms with van der Waals surface area (Å²) in [5, 5.41) is 0. The van der Waals surface area contributed by atoms with Crippen molar-refractivity contribution in [2.45, 2.75) is 38.8 Å². The van der Waals surface area contributed by atoms with Gasteiger partial charge in [0.2, 0.25) is 0 Å². The molecule has 0 unspecified atom stereocenters. The van der Waals surface area contributed by atoms with E-state index in [-0.39, 0.29) is 5.97 Å². The molecule has 0 atom stereocenters. The lowest BCUT2D eigenvalue weighted by Gasteiger charge is -2.18. The van der Waals surface area contributed by atoms with E-state index in [1.165, 1.54) is 24.8 Å². The number of carbonyl (C=O) groups excluding carboxylic acids is 1. The Morgan fingerprint density at radius 2 is 1.94 bits per heavy atom. The van der Waals surface area contributed by atoms with Crippen LogP contribution in [0.1, 0.15) is 42.3 Å². The summed E-state index contributed by atoms with van der Waals surface area (Å²) in [6.07, 6.45) is 1.94. The summed E-state index contributed by atoms with van der Waals surface area (Å²) in [4.78, 5) is 15.6. The summed E-state index contributed by atoms with van der Waals surface area (Å²) in [5.74, 6) is 0.732. The lowest BCUT2D eigenvalue weighted by atomic mass is 9.89. The molecule has 0 aliphatic heterocycles. The number of ether oxygens (including phenoxy) is 1. The maximum absolute atomic E-state index is 12.9. The fourth-order valence-electron chi connectivity index (χ4n) is 3.69. The van der Waals surface area contributed by atoms with E-state index >= 15 is 0 Å². The zero-order valence-electron chi connectivity index (χ0n) is 16.8. The zero-order chi connectivity index (χ0) is 22.0. The maximum atomic E-state index is 12.9. The Morgan fingerprint density at radius 1 is 1.13 bits per heavy atom. The monoisotopic (exact) mass is 427 g/mol. The van der Waals surface area contributed by atoms with Crippen LogP contribution in [-0.2, 0) is 23.8 Å². The van der Waals surface area contributed by atoms with E-state index in [4.69, 9.17) is 9.15 Å². The number of nitrogens with zero attached hydrogens (tertiary/aromatic N) is 1. The first kappa shape index (κ1) is 20.9. The Bertz CT molecular complexity index is 1140. The minimum atomic E-state index is -4.40. The number of oxazole rings is 1. The number of aryl methyl sites for hydroxylation is 1. The quantitative estimate of drug-likeness (QED) is 0.357. The average Bonchev–Trinajstić information content (AvgIpc) is 3.20. The largest absolute Gasteiger partial charge is 0.448 e. The zero-order valence-corrected chi connectivity index (χ0v) is 16.8. The van der Waals surface area contributed by atoms with E-state index in [0.717, 1.165) is 42.5 Å². The third-order valence-corrected chi connectivity index (χ3v) is 5.18. The van der Waals surface area contributed by atoms with Crippen LogP contribution in [0, 0.1) is 0 Å². The van der Waals surface area contributed by atoms with Crippen molar-refractivity contribution in [3.8, 4) is 17.0 Å². The van der Waals surface area contributed by atoms with Crippen molar-refractivity contribution in [3.05, 3.63) is 76.9 Å². The van der Waals surface area contributed by atoms with Gasteiger partial charge in [0.15, 0.2) is 5.89 Å². The lowest BCUT2D eigenvalue weighted by Crippen LogP contribution is -2.07. The minimum absolute atomic E-state index is 0.344. The Hall–Kier alpha value is -3.35. The predicted molar refractivity (Wildman–Crippen MR) is 109 cm³/mol. The Labute approximate surface area is 177 Å². The molecule has 3 aromatic rings. The number of halogens is 3. The standard InChI is InChI=1S/C24H20F3NO3/c1-15(29)31-22-7-3-4-17-12-16(8-10-20(17)22)9-11-23-28-21(14-30-23)18-5-2-6-19(13-18)24(25,26)27/h2-7,12-14H,8-11H2,1H3. The van der Waals surface area contributed by atoms with Gasteiger partial charge in [-0.15, -0.1) is 0 Å². The average molecular weight is 427 g/mol. The van der Waals surface area contributed by atoms with Gasteiger partial charge in [-0.3, -0.25) is 4.79 Å². The van der Waals surface area contributed by atoms with Crippen LogP contribution in [0.3, 0.4) is 0 Å². The summed E-state index contributed by atoms with van der Waals surface area (Å²) in [5.41, 5.74) is 3.30. The number of hydrogen-bond acceptors (Lipinski definition) is 4. The highest BCUT2D eigenvalue weighted by molar-refractivity contribution is 5.72. The number of alkyl halides is 3. The fraction of sp³-hybridized carbons (Fsp3) is 0.250. The molecule has 31 heavy (non-hydrogen) atoms. The Balaban J connectivity index is 1.45. The van der Waals surface area contributed by atoms with Crippen molar-refractivity contribution < 1.29 is 27.1 Å². The number of rotatable bonds is 5. The van der Waals surface area contributed by atoms with Crippen LogP contribution in [0.5, 0.6) is 5.75 Å². The molecular weight excluding hydrogens is 407 g/mol. The Kier molecular flexibility index (Phi) is 5.67. The molecule has 1 aliphatic carbocycles. The van der Waals surface area contributed by atoms with Crippen molar-refractivity contribution in [2.75, 3.05) is 0 Å². The third-order valence-electron chi connectivity index (χ3n) is 5.18. The molecule has 0 saturated heterocycles. The smallest absolute Gasteiger partial charge is 0.416 e. The number of aromatic nitrogens is 1. The second kappa shape index (κ2) is 8.41. The topological polar surface area (TPSA) is 52.3 Å². The first-order valence-electron chi connectivity index (χ1n) is 9.91. The molecule has 1 aromatic heterocycles. The van der Waals surface area contributed by atoms with Crippen LogP contribution in [0.15, 0.2) is 58.7 Å². The molecule has 4 nitrogen and oxygen atoms in total. The molecule has 0 amide bonds. The van der Waals surface area contributed by atoms with Crippen LogP contribution in [0.2, 0.25) is 0 Å². The van der Waals surface area contributed by atoms with Crippen molar-refractivity contribution >= 4 is 12.0 Å². The van der Waals surface area contributed by atoms with Crippen molar-refractivity contribution in [1.29, 1.82) is 0 Å². The van der Waals surface area contributed by atoms with E-state index in [0.29, 0.717) is 29.3 Å². The van der Waals surface area contributed by atoms with Crippen molar-refractivity contribution in [2.24, 2.45) is 0 Å². The molecule has 0 spiro atoms. The van der Waals surface area contributed by atoms with Crippen molar-refractivity contribution in [3.63, 3.8) is 0 Å². The molecule has 7 heteroatoms. The van der Waals surface area contributed by atoms with Gasteiger partial charge in [0, 0.05) is 24.5 Å². The fourth-order valence-corrected chi connectivity index (χ4v) is 3.69. The molecule has 4 rings (SSSR count). The first-order chi connectivity index (χ1) is 14.8. The molecule has 1 aliphatic rings. The molecule has 0 N–H and O–H groups in total. The highest BCUT2D eigenvalue weighted by Gasteiger charge is 2.30. The van der Waals surface area contributed by atoms with Crippen LogP contribution in [0.25, 0.3) is 17.3 Å². The van der Waals surface area contributed by atoms with E-state index < -0.39 is 11.7 Å². The molecule has 0 fully saturated rings. The van der Waals surface area contributed by atoms with Gasteiger partial charge in [-0.05, 0) is 43.0 Å². The number of hydrogen-bond donors (Lipinski definition) is 0. The molecule has 0 bridgehead atoms. The van der Waals surface area contributed by atoms with Gasteiger partial charge in [-0.25, -0.2) is 4.98 Å². The van der Waals surface area contributed by atoms with E-state index in [9.17, 15) is 18.0 Å².